The molecule has 4 rings (SSSR count). The van der Waals surface area contributed by atoms with Crippen molar-refractivity contribution in [2.75, 3.05) is 16.8 Å². The number of nitrogens with one attached hydrogen (secondary N) is 2. The van der Waals surface area contributed by atoms with Crippen LogP contribution in [0.25, 0.3) is 0 Å². The first-order chi connectivity index (χ1) is 13.6. The highest BCUT2D eigenvalue weighted by molar-refractivity contribution is 6.05. The van der Waals surface area contributed by atoms with Crippen molar-refractivity contribution in [2.24, 2.45) is 0 Å². The standard InChI is InChI=1S/C22H21N3O3/c1-15-7-9-16(10-8-15)24-22(27)25-12-11-18-19(5-2-6-20(18)25)21(26)23-14-17-4-3-13-28-17/h2-10,13H,11-12,14H2,1H3,(H,23,26)(H,24,27). The first-order valence-corrected chi connectivity index (χ1v) is 9.19. The van der Waals surface area contributed by atoms with Gasteiger partial charge in [0, 0.05) is 23.5 Å². The van der Waals surface area contributed by atoms with Crippen molar-refractivity contribution in [2.45, 2.75) is 19.9 Å². The van der Waals surface area contributed by atoms with Crippen LogP contribution in [0.2, 0.25) is 0 Å². The number of amides is 3. The van der Waals surface area contributed by atoms with Gasteiger partial charge in [-0.25, -0.2) is 4.79 Å². The number of benzene rings is 2. The number of hydrogen-bond acceptors (Lipinski definition) is 3. The molecule has 1 aliphatic heterocycles. The van der Waals surface area contributed by atoms with Crippen LogP contribution in [0.5, 0.6) is 0 Å². The van der Waals surface area contributed by atoms with Crippen molar-refractivity contribution in [3.05, 3.63) is 83.3 Å². The van der Waals surface area contributed by atoms with Gasteiger partial charge >= 0.3 is 6.03 Å². The summed E-state index contributed by atoms with van der Waals surface area (Å²) < 4.78 is 5.25. The van der Waals surface area contributed by atoms with Crippen molar-refractivity contribution in [1.82, 2.24) is 5.32 Å². The van der Waals surface area contributed by atoms with Gasteiger partial charge in [0.25, 0.3) is 5.91 Å². The molecule has 6 nitrogen and oxygen atoms in total. The first kappa shape index (κ1) is 17.9. The van der Waals surface area contributed by atoms with Gasteiger partial charge in [-0.3, -0.25) is 9.69 Å². The maximum Gasteiger partial charge on any atom is 0.326 e. The third-order valence-corrected chi connectivity index (χ3v) is 4.82. The fourth-order valence-corrected chi connectivity index (χ4v) is 3.36. The number of carbonyl (C=O) groups is 2. The molecule has 3 amide bonds. The lowest BCUT2D eigenvalue weighted by molar-refractivity contribution is 0.0947. The molecule has 6 heteroatoms. The largest absolute Gasteiger partial charge is 0.467 e. The van der Waals surface area contributed by atoms with E-state index in [0.717, 1.165) is 22.5 Å². The summed E-state index contributed by atoms with van der Waals surface area (Å²) in [6.45, 7) is 2.86. The molecule has 0 saturated carbocycles. The third kappa shape index (κ3) is 3.62. The highest BCUT2D eigenvalue weighted by Gasteiger charge is 2.28. The van der Waals surface area contributed by atoms with Gasteiger partial charge in [0.05, 0.1) is 12.8 Å². The molecule has 0 atom stereocenters. The molecule has 0 bridgehead atoms. The highest BCUT2D eigenvalue weighted by atomic mass is 16.3. The van der Waals surface area contributed by atoms with E-state index in [9.17, 15) is 9.59 Å². The summed E-state index contributed by atoms with van der Waals surface area (Å²) in [5, 5.41) is 5.79. The number of fused-ring (bicyclic) bond motifs is 1. The third-order valence-electron chi connectivity index (χ3n) is 4.82. The second-order valence-corrected chi connectivity index (χ2v) is 6.76. The smallest absolute Gasteiger partial charge is 0.326 e. The molecule has 1 aliphatic rings. The summed E-state index contributed by atoms with van der Waals surface area (Å²) in [5.41, 5.74) is 4.13. The lowest BCUT2D eigenvalue weighted by Crippen LogP contribution is -2.33. The Hall–Kier alpha value is -3.54. The maximum absolute atomic E-state index is 12.7. The van der Waals surface area contributed by atoms with Crippen LogP contribution in [0.15, 0.2) is 65.3 Å². The molecule has 2 N–H and O–H groups in total. The minimum absolute atomic E-state index is 0.172. The molecule has 142 valence electrons. The Morgan fingerprint density at radius 1 is 1.07 bits per heavy atom. The Balaban J connectivity index is 1.49. The quantitative estimate of drug-likeness (QED) is 0.721. The summed E-state index contributed by atoms with van der Waals surface area (Å²) in [6, 6.07) is 16.5. The van der Waals surface area contributed by atoms with E-state index in [0.29, 0.717) is 30.8 Å². The zero-order valence-electron chi connectivity index (χ0n) is 15.6. The topological polar surface area (TPSA) is 74.6 Å². The normalized spacial score (nSPS) is 12.5. The molecule has 2 heterocycles. The van der Waals surface area contributed by atoms with Gasteiger partial charge < -0.3 is 15.1 Å². The van der Waals surface area contributed by atoms with Gasteiger partial charge in [-0.1, -0.05) is 23.8 Å². The molecule has 0 saturated heterocycles. The highest BCUT2D eigenvalue weighted by Crippen LogP contribution is 2.31. The summed E-state index contributed by atoms with van der Waals surface area (Å²) >= 11 is 0. The monoisotopic (exact) mass is 375 g/mol. The van der Waals surface area contributed by atoms with Crippen LogP contribution in [-0.4, -0.2) is 18.5 Å². The lowest BCUT2D eigenvalue weighted by atomic mass is 10.0. The van der Waals surface area contributed by atoms with E-state index in [4.69, 9.17) is 4.42 Å². The Kier molecular flexibility index (Phi) is 4.85. The Labute approximate surface area is 163 Å². The maximum atomic E-state index is 12.7. The molecular formula is C22H21N3O3. The van der Waals surface area contributed by atoms with Crippen molar-refractivity contribution in [1.29, 1.82) is 0 Å². The Morgan fingerprint density at radius 3 is 2.64 bits per heavy atom. The van der Waals surface area contributed by atoms with Gasteiger partial charge in [0.15, 0.2) is 0 Å². The van der Waals surface area contributed by atoms with Crippen LogP contribution < -0.4 is 15.5 Å². The fourth-order valence-electron chi connectivity index (χ4n) is 3.36. The first-order valence-electron chi connectivity index (χ1n) is 9.19. The summed E-state index contributed by atoms with van der Waals surface area (Å²) in [6.07, 6.45) is 2.22. The average Bonchev–Trinajstić information content (AvgIpc) is 3.37. The van der Waals surface area contributed by atoms with Crippen LogP contribution in [0.4, 0.5) is 16.2 Å². The van der Waals surface area contributed by atoms with E-state index in [1.165, 1.54) is 0 Å². The number of aryl methyl sites for hydroxylation is 1. The van der Waals surface area contributed by atoms with E-state index in [1.54, 1.807) is 29.4 Å². The molecule has 28 heavy (non-hydrogen) atoms. The van der Waals surface area contributed by atoms with Crippen molar-refractivity contribution in [3.8, 4) is 0 Å². The summed E-state index contributed by atoms with van der Waals surface area (Å²) in [4.78, 5) is 27.0. The fraction of sp³-hybridized carbons (Fsp3) is 0.182. The Morgan fingerprint density at radius 2 is 1.89 bits per heavy atom. The predicted octanol–water partition coefficient (Wildman–Crippen LogP) is 4.11. The molecular weight excluding hydrogens is 354 g/mol. The zero-order chi connectivity index (χ0) is 19.5. The minimum atomic E-state index is -0.198. The second kappa shape index (κ2) is 7.60. The molecule has 3 aromatic rings. The number of carbonyl (C=O) groups excluding carboxylic acids is 2. The minimum Gasteiger partial charge on any atom is -0.467 e. The summed E-state index contributed by atoms with van der Waals surface area (Å²) in [7, 11) is 0. The van der Waals surface area contributed by atoms with Crippen LogP contribution >= 0.6 is 0 Å². The average molecular weight is 375 g/mol. The molecule has 0 unspecified atom stereocenters. The van der Waals surface area contributed by atoms with Crippen LogP contribution in [-0.2, 0) is 13.0 Å². The van der Waals surface area contributed by atoms with Gasteiger partial charge in [-0.05, 0) is 55.3 Å². The molecule has 2 aromatic carbocycles. The number of rotatable bonds is 4. The number of nitrogens with zero attached hydrogens (tertiary/aromatic N) is 1. The van der Waals surface area contributed by atoms with Gasteiger partial charge in [-0.2, -0.15) is 0 Å². The Bertz CT molecular complexity index is 994. The van der Waals surface area contributed by atoms with E-state index in [1.807, 2.05) is 43.3 Å². The number of urea groups is 1. The van der Waals surface area contributed by atoms with Crippen molar-refractivity contribution >= 4 is 23.3 Å². The molecule has 0 radical (unpaired) electrons. The molecule has 0 fully saturated rings. The van der Waals surface area contributed by atoms with Gasteiger partial charge in [-0.15, -0.1) is 0 Å². The molecule has 0 aliphatic carbocycles. The number of anilines is 2. The van der Waals surface area contributed by atoms with E-state index in [2.05, 4.69) is 10.6 Å². The number of furan rings is 1. The van der Waals surface area contributed by atoms with E-state index >= 15 is 0 Å². The zero-order valence-corrected chi connectivity index (χ0v) is 15.6. The molecule has 1 aromatic heterocycles. The lowest BCUT2D eigenvalue weighted by Gasteiger charge is -2.18. The summed E-state index contributed by atoms with van der Waals surface area (Å²) in [5.74, 6) is 0.522. The van der Waals surface area contributed by atoms with Crippen molar-refractivity contribution in [3.63, 3.8) is 0 Å². The second-order valence-electron chi connectivity index (χ2n) is 6.76. The van der Waals surface area contributed by atoms with Crippen LogP contribution in [0, 0.1) is 6.92 Å². The SMILES string of the molecule is Cc1ccc(NC(=O)N2CCc3c(C(=O)NCc4ccco4)cccc32)cc1. The van der Waals surface area contributed by atoms with Crippen LogP contribution in [0.1, 0.15) is 27.2 Å². The predicted molar refractivity (Wildman–Crippen MR) is 108 cm³/mol. The van der Waals surface area contributed by atoms with E-state index < -0.39 is 0 Å². The van der Waals surface area contributed by atoms with E-state index in [-0.39, 0.29) is 11.9 Å². The van der Waals surface area contributed by atoms with Crippen molar-refractivity contribution < 1.29 is 14.0 Å². The van der Waals surface area contributed by atoms with Crippen LogP contribution in [0.3, 0.4) is 0 Å². The van der Waals surface area contributed by atoms with Gasteiger partial charge in [0.2, 0.25) is 0 Å². The number of hydrogen-bond donors (Lipinski definition) is 2. The molecule has 0 spiro atoms. The van der Waals surface area contributed by atoms with Gasteiger partial charge in [0.1, 0.15) is 5.76 Å².